The average Bonchev–Trinajstić information content (AvgIpc) is 3.32. The summed E-state index contributed by atoms with van der Waals surface area (Å²) in [5.74, 6) is 1.30. The Bertz CT molecular complexity index is 1850. The first kappa shape index (κ1) is 20.6. The van der Waals surface area contributed by atoms with Crippen LogP contribution in [0.1, 0.15) is 11.5 Å². The van der Waals surface area contributed by atoms with Gasteiger partial charge in [0, 0.05) is 11.5 Å². The fourth-order valence-electron chi connectivity index (χ4n) is 6.29. The smallest absolute Gasteiger partial charge is 0.128 e. The van der Waals surface area contributed by atoms with E-state index < -0.39 is 0 Å². The van der Waals surface area contributed by atoms with Crippen molar-refractivity contribution >= 4 is 32.3 Å². The third-order valence-corrected chi connectivity index (χ3v) is 7.96. The fraction of sp³-hybridized carbons (Fsp3) is 0.0556. The molecule has 0 amide bonds. The number of fused-ring (bicyclic) bond motifs is 6. The van der Waals surface area contributed by atoms with Crippen molar-refractivity contribution < 1.29 is 4.74 Å². The van der Waals surface area contributed by atoms with Crippen molar-refractivity contribution in [2.24, 2.45) is 0 Å². The molecule has 2 unspecified atom stereocenters. The molecule has 174 valence electrons. The van der Waals surface area contributed by atoms with E-state index >= 15 is 0 Å². The molecule has 8 rings (SSSR count). The van der Waals surface area contributed by atoms with Gasteiger partial charge >= 0.3 is 0 Å². The molecular formula is C36H24O. The van der Waals surface area contributed by atoms with Gasteiger partial charge in [-0.1, -0.05) is 109 Å². The molecule has 37 heavy (non-hydrogen) atoms. The highest BCUT2D eigenvalue weighted by atomic mass is 16.5. The van der Waals surface area contributed by atoms with E-state index in [0.29, 0.717) is 5.92 Å². The van der Waals surface area contributed by atoms with E-state index in [1.165, 1.54) is 60.1 Å². The molecule has 0 bridgehead atoms. The molecule has 0 spiro atoms. The van der Waals surface area contributed by atoms with Gasteiger partial charge in [-0.3, -0.25) is 0 Å². The monoisotopic (exact) mass is 472 g/mol. The van der Waals surface area contributed by atoms with E-state index in [2.05, 4.69) is 133 Å². The zero-order chi connectivity index (χ0) is 24.3. The summed E-state index contributed by atoms with van der Waals surface area (Å²) >= 11 is 0. The van der Waals surface area contributed by atoms with Crippen LogP contribution in [0.3, 0.4) is 0 Å². The van der Waals surface area contributed by atoms with Crippen molar-refractivity contribution in [3.8, 4) is 28.0 Å². The molecule has 0 saturated heterocycles. The van der Waals surface area contributed by atoms with Crippen LogP contribution in [-0.4, -0.2) is 6.10 Å². The number of benzene rings is 6. The zero-order valence-electron chi connectivity index (χ0n) is 20.3. The second-order valence-electron chi connectivity index (χ2n) is 10.0. The Kier molecular flexibility index (Phi) is 4.41. The normalized spacial score (nSPS) is 17.7. The van der Waals surface area contributed by atoms with Crippen molar-refractivity contribution in [2.45, 2.75) is 12.0 Å². The number of rotatable bonds is 2. The van der Waals surface area contributed by atoms with Crippen molar-refractivity contribution in [1.82, 2.24) is 0 Å². The summed E-state index contributed by atoms with van der Waals surface area (Å²) in [6, 6.07) is 39.9. The quantitative estimate of drug-likeness (QED) is 0.228. The van der Waals surface area contributed by atoms with Gasteiger partial charge in [0.2, 0.25) is 0 Å². The van der Waals surface area contributed by atoms with Crippen molar-refractivity contribution in [3.05, 3.63) is 139 Å². The third-order valence-electron chi connectivity index (χ3n) is 7.96. The molecule has 0 radical (unpaired) electrons. The van der Waals surface area contributed by atoms with E-state index in [-0.39, 0.29) is 6.10 Å². The summed E-state index contributed by atoms with van der Waals surface area (Å²) in [5.41, 5.74) is 6.37. The summed E-state index contributed by atoms with van der Waals surface area (Å²) in [7, 11) is 0. The molecule has 0 aromatic heterocycles. The first-order valence-corrected chi connectivity index (χ1v) is 12.9. The maximum atomic E-state index is 6.27. The van der Waals surface area contributed by atoms with Crippen molar-refractivity contribution in [1.29, 1.82) is 0 Å². The van der Waals surface area contributed by atoms with E-state index in [1.54, 1.807) is 0 Å². The lowest BCUT2D eigenvalue weighted by Gasteiger charge is -2.18. The number of allylic oxidation sites excluding steroid dienone is 2. The van der Waals surface area contributed by atoms with E-state index in [4.69, 9.17) is 4.74 Å². The molecule has 1 nitrogen and oxygen atoms in total. The Morgan fingerprint density at radius 3 is 1.81 bits per heavy atom. The van der Waals surface area contributed by atoms with E-state index in [9.17, 15) is 0 Å². The highest BCUT2D eigenvalue weighted by molar-refractivity contribution is 6.21. The van der Waals surface area contributed by atoms with Crippen LogP contribution in [0.15, 0.2) is 133 Å². The van der Waals surface area contributed by atoms with Gasteiger partial charge in [0.25, 0.3) is 0 Å². The summed E-state index contributed by atoms with van der Waals surface area (Å²) in [5, 5.41) is 7.60. The van der Waals surface area contributed by atoms with Crippen LogP contribution in [0.4, 0.5) is 0 Å². The Labute approximate surface area is 216 Å². The molecule has 1 heteroatoms. The molecule has 0 fully saturated rings. The summed E-state index contributed by atoms with van der Waals surface area (Å²) in [6.07, 6.45) is 8.74. The van der Waals surface area contributed by atoms with Crippen molar-refractivity contribution in [2.75, 3.05) is 0 Å². The zero-order valence-corrected chi connectivity index (χ0v) is 20.3. The Morgan fingerprint density at radius 1 is 0.486 bits per heavy atom. The standard InChI is InChI=1S/C36H24O/c1-2-10-23(11-3-1)35-28-13-4-6-15-30(28)36(31-16-7-5-14-29(31)35)25-19-18-24-22-34-32(21-26(24)20-25)27-12-8-9-17-33(27)37-34/h1-22,27,33H. The first-order chi connectivity index (χ1) is 18.3. The van der Waals surface area contributed by atoms with Gasteiger partial charge in [0.15, 0.2) is 0 Å². The van der Waals surface area contributed by atoms with Crippen LogP contribution in [0.2, 0.25) is 0 Å². The van der Waals surface area contributed by atoms with Gasteiger partial charge in [0.05, 0.1) is 0 Å². The lowest BCUT2D eigenvalue weighted by molar-refractivity contribution is 0.269. The second kappa shape index (κ2) is 7.94. The van der Waals surface area contributed by atoms with Crippen LogP contribution in [0.5, 0.6) is 5.75 Å². The molecule has 1 heterocycles. The third kappa shape index (κ3) is 3.11. The first-order valence-electron chi connectivity index (χ1n) is 12.9. The van der Waals surface area contributed by atoms with E-state index in [1.807, 2.05) is 0 Å². The van der Waals surface area contributed by atoms with Crippen LogP contribution < -0.4 is 4.74 Å². The predicted molar refractivity (Wildman–Crippen MR) is 155 cm³/mol. The maximum absolute atomic E-state index is 6.27. The van der Waals surface area contributed by atoms with E-state index in [0.717, 1.165) is 5.75 Å². The minimum absolute atomic E-state index is 0.106. The largest absolute Gasteiger partial charge is 0.485 e. The Balaban J connectivity index is 1.40. The summed E-state index contributed by atoms with van der Waals surface area (Å²) in [4.78, 5) is 0. The summed E-state index contributed by atoms with van der Waals surface area (Å²) in [6.45, 7) is 0. The molecular weight excluding hydrogens is 448 g/mol. The van der Waals surface area contributed by atoms with Crippen LogP contribution >= 0.6 is 0 Å². The van der Waals surface area contributed by atoms with Gasteiger partial charge in [-0.25, -0.2) is 0 Å². The second-order valence-corrected chi connectivity index (χ2v) is 10.0. The Hall–Kier alpha value is -4.62. The number of ether oxygens (including phenoxy) is 1. The van der Waals surface area contributed by atoms with Gasteiger partial charge in [-0.05, 0) is 78.8 Å². The summed E-state index contributed by atoms with van der Waals surface area (Å²) < 4.78 is 6.27. The lowest BCUT2D eigenvalue weighted by atomic mass is 9.85. The highest BCUT2D eigenvalue weighted by Gasteiger charge is 2.32. The minimum Gasteiger partial charge on any atom is -0.485 e. The average molecular weight is 473 g/mol. The molecule has 1 aliphatic heterocycles. The Morgan fingerprint density at radius 2 is 1.11 bits per heavy atom. The van der Waals surface area contributed by atoms with Crippen LogP contribution in [0.25, 0.3) is 54.6 Å². The van der Waals surface area contributed by atoms with Crippen LogP contribution in [-0.2, 0) is 0 Å². The fourth-order valence-corrected chi connectivity index (χ4v) is 6.29. The molecule has 2 aliphatic rings. The van der Waals surface area contributed by atoms with Gasteiger partial charge < -0.3 is 4.74 Å². The predicted octanol–water partition coefficient (Wildman–Crippen LogP) is 9.45. The van der Waals surface area contributed by atoms with Gasteiger partial charge in [-0.2, -0.15) is 0 Å². The molecule has 2 atom stereocenters. The van der Waals surface area contributed by atoms with Crippen LogP contribution in [0, 0.1) is 0 Å². The van der Waals surface area contributed by atoms with Gasteiger partial charge in [0.1, 0.15) is 11.9 Å². The topological polar surface area (TPSA) is 9.23 Å². The minimum atomic E-state index is 0.106. The maximum Gasteiger partial charge on any atom is 0.128 e. The number of hydrogen-bond donors (Lipinski definition) is 0. The molecule has 0 saturated carbocycles. The molecule has 1 aliphatic carbocycles. The van der Waals surface area contributed by atoms with Gasteiger partial charge in [-0.15, -0.1) is 0 Å². The highest BCUT2D eigenvalue weighted by Crippen LogP contribution is 2.46. The molecule has 6 aromatic rings. The molecule has 0 N–H and O–H groups in total. The number of hydrogen-bond acceptors (Lipinski definition) is 1. The molecule has 6 aromatic carbocycles. The van der Waals surface area contributed by atoms with Crippen molar-refractivity contribution in [3.63, 3.8) is 0 Å². The SMILES string of the molecule is C1=CC2Oc3cc4ccc(-c5c6ccccc6c(-c6ccccc6)c6ccccc56)cc4cc3C2C=C1. The lowest BCUT2D eigenvalue weighted by Crippen LogP contribution is -2.15.